The van der Waals surface area contributed by atoms with E-state index in [9.17, 15) is 38.4 Å². The molecule has 8 atom stereocenters. The first-order chi connectivity index (χ1) is 29.2. The average molecular weight is 879 g/mol. The van der Waals surface area contributed by atoms with E-state index in [0.29, 0.717) is 0 Å². The summed E-state index contributed by atoms with van der Waals surface area (Å²) >= 11 is 0. The second-order valence-electron chi connectivity index (χ2n) is 13.3. The second kappa shape index (κ2) is 21.0. The molecule has 2 N–H and O–H groups in total. The molecule has 0 saturated carbocycles. The van der Waals surface area contributed by atoms with E-state index in [4.69, 9.17) is 47.4 Å². The first-order valence-electron chi connectivity index (χ1n) is 18.4. The lowest BCUT2D eigenvalue weighted by molar-refractivity contribution is -0.221. The Hall–Kier alpha value is -6.96. The van der Waals surface area contributed by atoms with E-state index < -0.39 is 96.0 Å². The summed E-state index contributed by atoms with van der Waals surface area (Å²) < 4.78 is 56.4. The zero-order valence-electron chi connectivity index (χ0n) is 35.2. The van der Waals surface area contributed by atoms with Crippen LogP contribution in [0.4, 0.5) is 23.0 Å². The molecular formula is C36H46N8O18. The van der Waals surface area contributed by atoms with Crippen LogP contribution in [0.25, 0.3) is 0 Å². The predicted molar refractivity (Wildman–Crippen MR) is 208 cm³/mol. The number of hydrogen-bond donors (Lipinski definition) is 2. The van der Waals surface area contributed by atoms with Gasteiger partial charge in [-0.05, 0) is 0 Å². The molecule has 0 radical (unpaired) electrons. The van der Waals surface area contributed by atoms with Gasteiger partial charge < -0.3 is 58.0 Å². The van der Waals surface area contributed by atoms with E-state index in [1.165, 1.54) is 28.3 Å². The number of esters is 6. The first-order valence-corrected chi connectivity index (χ1v) is 18.4. The number of hydrogen-bond acceptors (Lipinski definition) is 24. The van der Waals surface area contributed by atoms with Gasteiger partial charge in [0.2, 0.25) is 0 Å². The van der Waals surface area contributed by atoms with E-state index in [1.807, 2.05) is 0 Å². The van der Waals surface area contributed by atoms with Gasteiger partial charge in [-0.1, -0.05) is 0 Å². The average Bonchev–Trinajstić information content (AvgIpc) is 3.18. The van der Waals surface area contributed by atoms with Crippen molar-refractivity contribution in [2.75, 3.05) is 38.1 Å². The Balaban J connectivity index is 1.75. The molecule has 4 rings (SSSR count). The number of methoxy groups -OCH3 is 2. The fourth-order valence-corrected chi connectivity index (χ4v) is 6.16. The third-order valence-electron chi connectivity index (χ3n) is 8.55. The third-order valence-corrected chi connectivity index (χ3v) is 8.55. The van der Waals surface area contributed by atoms with Crippen molar-refractivity contribution >= 4 is 71.3 Å². The van der Waals surface area contributed by atoms with Crippen LogP contribution in [-0.2, 0) is 80.8 Å². The van der Waals surface area contributed by atoms with E-state index >= 15 is 0 Å². The molecule has 2 aromatic rings. The number of ether oxygens (including phenoxy) is 10. The molecule has 4 heterocycles. The molecule has 0 aliphatic carbocycles. The fourth-order valence-electron chi connectivity index (χ4n) is 6.16. The number of carbonyl (C=O) groups excluding carboxylic acids is 6. The molecule has 0 amide bonds. The van der Waals surface area contributed by atoms with Crippen molar-refractivity contribution < 1.29 is 76.1 Å². The lowest BCUT2D eigenvalue weighted by Gasteiger charge is -2.40. The molecular weight excluding hydrogens is 832 g/mol. The first kappa shape index (κ1) is 47.7. The van der Waals surface area contributed by atoms with Crippen LogP contribution in [0.1, 0.15) is 41.5 Å². The lowest BCUT2D eigenvalue weighted by atomic mass is 10.0. The minimum Gasteiger partial charge on any atom is -0.468 e. The number of aliphatic imine (C=N–C) groups is 2. The van der Waals surface area contributed by atoms with Crippen LogP contribution in [0.5, 0.6) is 12.0 Å². The third kappa shape index (κ3) is 11.9. The molecule has 0 unspecified atom stereocenters. The highest BCUT2D eigenvalue weighted by molar-refractivity contribution is 6.17. The van der Waals surface area contributed by atoms with Crippen LogP contribution in [0.2, 0.25) is 0 Å². The highest BCUT2D eigenvalue weighted by Crippen LogP contribution is 2.30. The van der Waals surface area contributed by atoms with E-state index in [1.54, 1.807) is 0 Å². The Morgan fingerprint density at radius 3 is 1.16 bits per heavy atom. The van der Waals surface area contributed by atoms with Crippen molar-refractivity contribution in [3.05, 3.63) is 20.7 Å². The van der Waals surface area contributed by atoms with Crippen LogP contribution in [0.15, 0.2) is 19.6 Å². The maximum absolute atomic E-state index is 13.6. The molecule has 26 heteroatoms. The topological polar surface area (TPSA) is 313 Å². The van der Waals surface area contributed by atoms with Crippen molar-refractivity contribution in [3.8, 4) is 12.0 Å². The SMILES string of the molecule is COc1nc(N[C@@H]2OC[C@H](OC(C)=O)[C@H](OC(C)=O)[C@H]2OC(C)=O)c(N=CC=Nc2c(N[C@@H]3OC[C@H](OC(C)=O)[C@H](OC(C)=O)[C@@H]3OC(C)=O)nc(OC)n(C)c2=O)c(=O)n1C. The summed E-state index contributed by atoms with van der Waals surface area (Å²) in [5, 5.41) is 5.65. The maximum atomic E-state index is 13.6. The van der Waals surface area contributed by atoms with Gasteiger partial charge in [0.15, 0.2) is 72.1 Å². The number of nitrogens with zero attached hydrogens (tertiary/aromatic N) is 6. The zero-order chi connectivity index (χ0) is 46.0. The van der Waals surface area contributed by atoms with Gasteiger partial charge in [0.1, 0.15) is 0 Å². The molecule has 0 spiro atoms. The molecule has 2 aliphatic heterocycles. The van der Waals surface area contributed by atoms with Gasteiger partial charge in [-0.15, -0.1) is 0 Å². The summed E-state index contributed by atoms with van der Waals surface area (Å²) in [5.74, 6) is -5.27. The second-order valence-corrected chi connectivity index (χ2v) is 13.3. The van der Waals surface area contributed by atoms with Gasteiger partial charge in [0.05, 0.1) is 27.4 Å². The van der Waals surface area contributed by atoms with Crippen LogP contribution < -0.4 is 31.2 Å². The van der Waals surface area contributed by atoms with Gasteiger partial charge in [-0.25, -0.2) is 9.98 Å². The minimum atomic E-state index is -1.46. The molecule has 0 aromatic carbocycles. The van der Waals surface area contributed by atoms with E-state index in [0.717, 1.165) is 63.1 Å². The van der Waals surface area contributed by atoms with Crippen molar-refractivity contribution in [2.45, 2.75) is 90.6 Å². The Morgan fingerprint density at radius 2 is 0.871 bits per heavy atom. The van der Waals surface area contributed by atoms with E-state index in [2.05, 4.69) is 30.6 Å². The van der Waals surface area contributed by atoms with Gasteiger partial charge in [-0.3, -0.25) is 47.5 Å². The van der Waals surface area contributed by atoms with Gasteiger partial charge >= 0.3 is 47.8 Å². The normalized spacial score (nSPS) is 23.5. The van der Waals surface area contributed by atoms with Crippen molar-refractivity contribution in [1.82, 2.24) is 19.1 Å². The monoisotopic (exact) mass is 878 g/mol. The zero-order valence-corrected chi connectivity index (χ0v) is 35.2. The molecule has 26 nitrogen and oxygen atoms in total. The van der Waals surface area contributed by atoms with Gasteiger partial charge in [0, 0.05) is 68.1 Å². The van der Waals surface area contributed by atoms with Crippen molar-refractivity contribution in [2.24, 2.45) is 24.1 Å². The summed E-state index contributed by atoms with van der Waals surface area (Å²) in [6.07, 6.45) is -8.76. The van der Waals surface area contributed by atoms with E-state index in [-0.39, 0.29) is 48.2 Å². The Morgan fingerprint density at radius 1 is 0.565 bits per heavy atom. The maximum Gasteiger partial charge on any atom is 0.303 e. The Bertz CT molecular complexity index is 2070. The molecule has 62 heavy (non-hydrogen) atoms. The summed E-state index contributed by atoms with van der Waals surface area (Å²) in [4.78, 5) is 117. The molecule has 2 aromatic heterocycles. The molecule has 2 aliphatic rings. The number of nitrogens with one attached hydrogen (secondary N) is 2. The highest BCUT2D eigenvalue weighted by Gasteiger charge is 2.49. The molecule has 2 saturated heterocycles. The predicted octanol–water partition coefficient (Wildman–Crippen LogP) is -0.877. The van der Waals surface area contributed by atoms with Crippen LogP contribution in [0, 0.1) is 0 Å². The minimum absolute atomic E-state index is 0.199. The summed E-state index contributed by atoms with van der Waals surface area (Å²) in [5.41, 5.74) is -2.31. The number of aromatic nitrogens is 4. The number of rotatable bonds is 15. The van der Waals surface area contributed by atoms with Crippen molar-refractivity contribution in [1.29, 1.82) is 0 Å². The van der Waals surface area contributed by atoms with Gasteiger partial charge in [0.25, 0.3) is 11.1 Å². The Kier molecular flexibility index (Phi) is 16.2. The van der Waals surface area contributed by atoms with Crippen molar-refractivity contribution in [3.63, 3.8) is 0 Å². The Labute approximate surface area is 351 Å². The van der Waals surface area contributed by atoms with Crippen LogP contribution >= 0.6 is 0 Å². The molecule has 0 bridgehead atoms. The highest BCUT2D eigenvalue weighted by atomic mass is 16.7. The fraction of sp³-hybridized carbons (Fsp3) is 0.556. The lowest BCUT2D eigenvalue weighted by Crippen LogP contribution is -2.59. The summed E-state index contributed by atoms with van der Waals surface area (Å²) in [7, 11) is 5.17. The molecule has 338 valence electrons. The summed E-state index contributed by atoms with van der Waals surface area (Å²) in [6.45, 7) is 5.89. The number of carbonyl (C=O) groups is 6. The van der Waals surface area contributed by atoms with Crippen LogP contribution in [0.3, 0.4) is 0 Å². The standard InChI is InChI=1S/C36H46N8O18/c1-15(45)57-21-13-55-31(27(61-19(5)49)25(21)59-17(3)47)39-29-23(33(51)43(7)35(41-29)53-9)37-11-12-38-24-30(42-36(54-10)44(8)34(24)52)40-32-28(62-20(6)50)26(60-18(4)48)22(14-56-32)58-16(2)46/h11-12,21-22,25-28,31-32,39-40H,13-14H2,1-10H3/t21-,22-,25-,26-,27-,28+,31+,32+/m0/s1. The largest absolute Gasteiger partial charge is 0.468 e. The summed E-state index contributed by atoms with van der Waals surface area (Å²) in [6, 6.07) is -0.398. The smallest absolute Gasteiger partial charge is 0.303 e. The van der Waals surface area contributed by atoms with Gasteiger partial charge in [-0.2, -0.15) is 9.97 Å². The quantitative estimate of drug-likeness (QED) is 0.125. The number of anilines is 2. The van der Waals surface area contributed by atoms with Crippen LogP contribution in [-0.4, -0.2) is 144 Å². The molecule has 2 fully saturated rings.